The van der Waals surface area contributed by atoms with Crippen molar-refractivity contribution in [2.45, 2.75) is 6.54 Å². The van der Waals surface area contributed by atoms with Gasteiger partial charge in [-0.25, -0.2) is 4.39 Å². The Kier molecular flexibility index (Phi) is 4.68. The summed E-state index contributed by atoms with van der Waals surface area (Å²) < 4.78 is 16.8. The highest BCUT2D eigenvalue weighted by molar-refractivity contribution is 9.10. The van der Waals surface area contributed by atoms with Gasteiger partial charge < -0.3 is 5.32 Å². The Bertz CT molecular complexity index is 888. The fourth-order valence-electron chi connectivity index (χ4n) is 2.20. The molecule has 0 saturated heterocycles. The lowest BCUT2D eigenvalue weighted by molar-refractivity contribution is 0.101. The van der Waals surface area contributed by atoms with Gasteiger partial charge in [0.25, 0.3) is 5.91 Å². The third kappa shape index (κ3) is 3.49. The van der Waals surface area contributed by atoms with Crippen LogP contribution in [0, 0.1) is 5.82 Å². The van der Waals surface area contributed by atoms with Gasteiger partial charge in [0.1, 0.15) is 11.5 Å². The predicted octanol–water partition coefficient (Wildman–Crippen LogP) is 3.47. The largest absolute Gasteiger partial charge is 0.318 e. The molecule has 0 unspecified atom stereocenters. The van der Waals surface area contributed by atoms with Crippen molar-refractivity contribution in [1.29, 1.82) is 0 Å². The van der Waals surface area contributed by atoms with Crippen molar-refractivity contribution in [2.75, 3.05) is 5.32 Å². The summed E-state index contributed by atoms with van der Waals surface area (Å²) >= 11 is 9.29. The van der Waals surface area contributed by atoms with Crippen LogP contribution in [0.5, 0.6) is 0 Å². The summed E-state index contributed by atoms with van der Waals surface area (Å²) in [6.07, 6.45) is 4.75. The fraction of sp³-hybridized carbons (Fsp3) is 0.133. The summed E-state index contributed by atoms with van der Waals surface area (Å²) in [5.74, 6) is -0.694. The second kappa shape index (κ2) is 6.74. The van der Waals surface area contributed by atoms with Crippen LogP contribution in [0.25, 0.3) is 0 Å². The van der Waals surface area contributed by atoms with Crippen molar-refractivity contribution in [1.82, 2.24) is 19.6 Å². The number of nitrogens with one attached hydrogen (secondary N) is 1. The van der Waals surface area contributed by atoms with Crippen molar-refractivity contribution >= 4 is 39.1 Å². The third-order valence-corrected chi connectivity index (χ3v) is 4.28. The van der Waals surface area contributed by atoms with Crippen LogP contribution in [-0.4, -0.2) is 25.5 Å². The van der Waals surface area contributed by atoms with Crippen LogP contribution >= 0.6 is 27.5 Å². The van der Waals surface area contributed by atoms with Gasteiger partial charge in [-0.2, -0.15) is 10.2 Å². The number of anilines is 1. The molecule has 3 aromatic rings. The quantitative estimate of drug-likeness (QED) is 0.713. The van der Waals surface area contributed by atoms with Crippen LogP contribution in [0.3, 0.4) is 0 Å². The van der Waals surface area contributed by atoms with Gasteiger partial charge in [0.15, 0.2) is 0 Å². The van der Waals surface area contributed by atoms with E-state index in [1.54, 1.807) is 30.2 Å². The molecule has 124 valence electrons. The number of carbonyl (C=O) groups is 1. The van der Waals surface area contributed by atoms with Crippen LogP contribution in [0.15, 0.2) is 41.3 Å². The lowest BCUT2D eigenvalue weighted by Gasteiger charge is -2.05. The Morgan fingerprint density at radius 1 is 1.38 bits per heavy atom. The zero-order chi connectivity index (χ0) is 17.3. The first-order valence-electron chi connectivity index (χ1n) is 6.89. The predicted molar refractivity (Wildman–Crippen MR) is 91.6 cm³/mol. The number of rotatable bonds is 4. The van der Waals surface area contributed by atoms with Gasteiger partial charge in [-0.05, 0) is 33.6 Å². The smallest absolute Gasteiger partial charge is 0.275 e. The van der Waals surface area contributed by atoms with Crippen molar-refractivity contribution in [3.8, 4) is 0 Å². The number of amides is 1. The second-order valence-corrected chi connectivity index (χ2v) is 6.34. The Morgan fingerprint density at radius 2 is 2.17 bits per heavy atom. The van der Waals surface area contributed by atoms with Crippen LogP contribution in [0.1, 0.15) is 16.1 Å². The minimum atomic E-state index is -0.390. The maximum Gasteiger partial charge on any atom is 0.275 e. The zero-order valence-corrected chi connectivity index (χ0v) is 14.8. The maximum atomic E-state index is 13.1. The Balaban J connectivity index is 1.73. The standard InChI is InChI=1S/C15H12BrClFN5O/c1-22-14(12(16)6-19-22)15(24)21-11-5-20-23(8-11)7-9-2-3-10(18)4-13(9)17/h2-6,8H,7H2,1H3,(H,21,24). The highest BCUT2D eigenvalue weighted by Gasteiger charge is 2.16. The van der Waals surface area contributed by atoms with Crippen molar-refractivity contribution in [3.63, 3.8) is 0 Å². The van der Waals surface area contributed by atoms with Crippen LogP contribution in [0.2, 0.25) is 5.02 Å². The van der Waals surface area contributed by atoms with Crippen molar-refractivity contribution in [2.24, 2.45) is 7.05 Å². The summed E-state index contributed by atoms with van der Waals surface area (Å²) in [6, 6.07) is 4.20. The average molecular weight is 413 g/mol. The van der Waals surface area contributed by atoms with Gasteiger partial charge >= 0.3 is 0 Å². The molecule has 6 nitrogen and oxygen atoms in total. The first-order chi connectivity index (χ1) is 11.4. The SMILES string of the molecule is Cn1ncc(Br)c1C(=O)Nc1cnn(Cc2ccc(F)cc2Cl)c1. The Morgan fingerprint density at radius 3 is 2.83 bits per heavy atom. The number of carbonyl (C=O) groups excluding carboxylic acids is 1. The van der Waals surface area contributed by atoms with Crippen LogP contribution < -0.4 is 5.32 Å². The highest BCUT2D eigenvalue weighted by Crippen LogP contribution is 2.20. The number of hydrogen-bond donors (Lipinski definition) is 1. The van der Waals surface area contributed by atoms with Crippen LogP contribution in [0.4, 0.5) is 10.1 Å². The van der Waals surface area contributed by atoms with Crippen molar-refractivity contribution < 1.29 is 9.18 Å². The van der Waals surface area contributed by atoms with E-state index in [1.165, 1.54) is 23.0 Å². The highest BCUT2D eigenvalue weighted by atomic mass is 79.9. The molecule has 0 aliphatic rings. The van der Waals surface area contributed by atoms with E-state index in [1.807, 2.05) is 0 Å². The summed E-state index contributed by atoms with van der Waals surface area (Å²) in [4.78, 5) is 12.3. The topological polar surface area (TPSA) is 64.7 Å². The van der Waals surface area contributed by atoms with Gasteiger partial charge in [0.2, 0.25) is 0 Å². The van der Waals surface area contributed by atoms with E-state index in [4.69, 9.17) is 11.6 Å². The van der Waals surface area contributed by atoms with Gasteiger partial charge in [-0.3, -0.25) is 14.2 Å². The average Bonchev–Trinajstić information content (AvgIpc) is 3.08. The van der Waals surface area contributed by atoms with E-state index >= 15 is 0 Å². The van der Waals surface area contributed by atoms with Gasteiger partial charge in [-0.15, -0.1) is 0 Å². The molecule has 0 bridgehead atoms. The number of aromatic nitrogens is 4. The Labute approximate surface area is 150 Å². The molecule has 2 heterocycles. The lowest BCUT2D eigenvalue weighted by atomic mass is 10.2. The maximum absolute atomic E-state index is 13.1. The monoisotopic (exact) mass is 411 g/mol. The molecule has 0 spiro atoms. The fourth-order valence-corrected chi connectivity index (χ4v) is 2.95. The number of benzene rings is 1. The van der Waals surface area contributed by atoms with E-state index in [2.05, 4.69) is 31.4 Å². The molecule has 0 saturated carbocycles. The molecular weight excluding hydrogens is 401 g/mol. The molecule has 24 heavy (non-hydrogen) atoms. The second-order valence-electron chi connectivity index (χ2n) is 5.08. The van der Waals surface area contributed by atoms with E-state index in [0.29, 0.717) is 27.4 Å². The summed E-state index contributed by atoms with van der Waals surface area (Å²) in [7, 11) is 1.68. The molecule has 9 heteroatoms. The molecule has 0 radical (unpaired) electrons. The first-order valence-corrected chi connectivity index (χ1v) is 8.06. The molecular formula is C15H12BrClFN5O. The normalized spacial score (nSPS) is 10.8. The van der Waals surface area contributed by atoms with Gasteiger partial charge in [-0.1, -0.05) is 17.7 Å². The molecule has 1 N–H and O–H groups in total. The Hall–Kier alpha value is -2.19. The van der Waals surface area contributed by atoms with E-state index < -0.39 is 0 Å². The van der Waals surface area contributed by atoms with E-state index in [-0.39, 0.29) is 11.7 Å². The van der Waals surface area contributed by atoms with E-state index in [9.17, 15) is 9.18 Å². The van der Waals surface area contributed by atoms with Gasteiger partial charge in [0.05, 0.1) is 29.1 Å². The molecule has 1 amide bonds. The molecule has 2 aromatic heterocycles. The minimum Gasteiger partial charge on any atom is -0.318 e. The number of hydrogen-bond acceptors (Lipinski definition) is 3. The minimum absolute atomic E-state index is 0.304. The molecule has 0 aliphatic carbocycles. The molecule has 0 aliphatic heterocycles. The molecule has 0 fully saturated rings. The summed E-state index contributed by atoms with van der Waals surface area (Å²) in [6.45, 7) is 0.365. The van der Waals surface area contributed by atoms with Crippen molar-refractivity contribution in [3.05, 3.63) is 63.4 Å². The number of aryl methyl sites for hydroxylation is 1. The number of nitrogens with zero attached hydrogens (tertiary/aromatic N) is 4. The number of halogens is 3. The summed E-state index contributed by atoms with van der Waals surface area (Å²) in [5, 5.41) is 11.2. The van der Waals surface area contributed by atoms with Gasteiger partial charge in [0, 0.05) is 18.3 Å². The molecule has 3 rings (SSSR count). The molecule has 1 aromatic carbocycles. The third-order valence-electron chi connectivity index (χ3n) is 3.35. The lowest BCUT2D eigenvalue weighted by Crippen LogP contribution is -2.16. The molecule has 0 atom stereocenters. The first kappa shape index (κ1) is 16.7. The summed E-state index contributed by atoms with van der Waals surface area (Å²) in [5.41, 5.74) is 1.67. The van der Waals surface area contributed by atoms with E-state index in [0.717, 1.165) is 5.56 Å². The zero-order valence-electron chi connectivity index (χ0n) is 12.5. The van der Waals surface area contributed by atoms with Crippen LogP contribution in [-0.2, 0) is 13.6 Å².